The van der Waals surface area contributed by atoms with Gasteiger partial charge < -0.3 is 15.3 Å². The Morgan fingerprint density at radius 3 is 2.73 bits per heavy atom. The molecule has 0 bridgehead atoms. The number of halogens is 1. The van der Waals surface area contributed by atoms with Gasteiger partial charge in [0.1, 0.15) is 6.10 Å². The van der Waals surface area contributed by atoms with Crippen molar-refractivity contribution < 1.29 is 20.1 Å². The van der Waals surface area contributed by atoms with Gasteiger partial charge >= 0.3 is 5.97 Å². The molecule has 0 aliphatic rings. The number of aliphatic hydroxyl groups is 2. The van der Waals surface area contributed by atoms with Crippen molar-refractivity contribution in [2.24, 2.45) is 0 Å². The molecule has 0 saturated carbocycles. The second-order valence-electron chi connectivity index (χ2n) is 3.01. The lowest BCUT2D eigenvalue weighted by Crippen LogP contribution is -2.22. The average molecular weight is 232 g/mol. The topological polar surface area (TPSA) is 90.7 Å². The van der Waals surface area contributed by atoms with Gasteiger partial charge in [0.25, 0.3) is 0 Å². The summed E-state index contributed by atoms with van der Waals surface area (Å²) in [6, 6.07) is 2.89. The lowest BCUT2D eigenvalue weighted by atomic mass is 10.1. The first-order valence-electron chi connectivity index (χ1n) is 4.20. The van der Waals surface area contributed by atoms with Gasteiger partial charge in [-0.3, -0.25) is 9.78 Å². The SMILES string of the molecule is O=C(O)CC(O)C(O)c1cc(Cl)ccn1. The second kappa shape index (κ2) is 5.06. The number of aromatic nitrogens is 1. The van der Waals surface area contributed by atoms with Crippen LogP contribution in [0.3, 0.4) is 0 Å². The number of carbonyl (C=O) groups is 1. The molecular formula is C9H10ClNO4. The standard InChI is InChI=1S/C9H10ClNO4/c10-5-1-2-11-6(3-5)9(15)7(12)4-8(13)14/h1-3,7,9,12,15H,4H2,(H,13,14). The van der Waals surface area contributed by atoms with Crippen molar-refractivity contribution in [3.05, 3.63) is 29.0 Å². The first-order chi connectivity index (χ1) is 7.00. The fourth-order valence-corrected chi connectivity index (χ4v) is 1.24. The molecule has 2 atom stereocenters. The number of hydrogen-bond acceptors (Lipinski definition) is 4. The highest BCUT2D eigenvalue weighted by atomic mass is 35.5. The highest BCUT2D eigenvalue weighted by molar-refractivity contribution is 6.30. The van der Waals surface area contributed by atoms with Gasteiger partial charge in [-0.05, 0) is 12.1 Å². The molecular weight excluding hydrogens is 222 g/mol. The maximum absolute atomic E-state index is 10.3. The summed E-state index contributed by atoms with van der Waals surface area (Å²) in [7, 11) is 0. The predicted molar refractivity (Wildman–Crippen MR) is 52.5 cm³/mol. The molecule has 1 heterocycles. The first kappa shape index (κ1) is 11.9. The summed E-state index contributed by atoms with van der Waals surface area (Å²) in [6.07, 6.45) is -1.92. The minimum Gasteiger partial charge on any atom is -0.481 e. The van der Waals surface area contributed by atoms with Crippen molar-refractivity contribution in [3.8, 4) is 0 Å². The summed E-state index contributed by atoms with van der Waals surface area (Å²) < 4.78 is 0. The second-order valence-corrected chi connectivity index (χ2v) is 3.45. The lowest BCUT2D eigenvalue weighted by Gasteiger charge is -2.15. The van der Waals surface area contributed by atoms with E-state index in [2.05, 4.69) is 4.98 Å². The molecule has 6 heteroatoms. The van der Waals surface area contributed by atoms with E-state index in [1.807, 2.05) is 0 Å². The van der Waals surface area contributed by atoms with Crippen molar-refractivity contribution in [1.29, 1.82) is 0 Å². The number of aliphatic carboxylic acids is 1. The van der Waals surface area contributed by atoms with Crippen LogP contribution in [0.4, 0.5) is 0 Å². The Kier molecular flexibility index (Phi) is 4.02. The van der Waals surface area contributed by atoms with E-state index in [-0.39, 0.29) is 5.69 Å². The molecule has 3 N–H and O–H groups in total. The van der Waals surface area contributed by atoms with Crippen LogP contribution in [0.5, 0.6) is 0 Å². The number of carboxylic acids is 1. The molecule has 0 saturated heterocycles. The van der Waals surface area contributed by atoms with Gasteiger partial charge in [0.2, 0.25) is 0 Å². The molecule has 15 heavy (non-hydrogen) atoms. The number of rotatable bonds is 4. The summed E-state index contributed by atoms with van der Waals surface area (Å²) in [4.78, 5) is 14.1. The Labute approximate surface area is 91.0 Å². The van der Waals surface area contributed by atoms with Crippen LogP contribution in [-0.2, 0) is 4.79 Å². The van der Waals surface area contributed by atoms with Crippen molar-refractivity contribution in [2.45, 2.75) is 18.6 Å². The quantitative estimate of drug-likeness (QED) is 0.706. The normalized spacial score (nSPS) is 14.6. The zero-order valence-electron chi connectivity index (χ0n) is 7.67. The number of carboxylic acid groups (broad SMARTS) is 1. The van der Waals surface area contributed by atoms with Gasteiger partial charge in [0.15, 0.2) is 0 Å². The Hall–Kier alpha value is -1.17. The maximum Gasteiger partial charge on any atom is 0.306 e. The molecule has 1 aromatic rings. The smallest absolute Gasteiger partial charge is 0.306 e. The maximum atomic E-state index is 10.3. The molecule has 1 rings (SSSR count). The van der Waals surface area contributed by atoms with Crippen LogP contribution >= 0.6 is 11.6 Å². The van der Waals surface area contributed by atoms with Crippen molar-refractivity contribution in [2.75, 3.05) is 0 Å². The molecule has 2 unspecified atom stereocenters. The van der Waals surface area contributed by atoms with Crippen LogP contribution in [0, 0.1) is 0 Å². The van der Waals surface area contributed by atoms with Gasteiger partial charge in [-0.15, -0.1) is 0 Å². The molecule has 0 aliphatic carbocycles. The molecule has 0 fully saturated rings. The monoisotopic (exact) mass is 231 g/mol. The van der Waals surface area contributed by atoms with E-state index in [0.717, 1.165) is 0 Å². The van der Waals surface area contributed by atoms with Crippen LogP contribution in [0.15, 0.2) is 18.3 Å². The summed E-state index contributed by atoms with van der Waals surface area (Å²) in [5.74, 6) is -1.19. The van der Waals surface area contributed by atoms with E-state index in [1.54, 1.807) is 0 Å². The fourth-order valence-electron chi connectivity index (χ4n) is 1.07. The van der Waals surface area contributed by atoms with Crippen molar-refractivity contribution >= 4 is 17.6 Å². The van der Waals surface area contributed by atoms with E-state index in [1.165, 1.54) is 18.3 Å². The predicted octanol–water partition coefficient (Wildman–Crippen LogP) is 0.604. The van der Waals surface area contributed by atoms with Crippen molar-refractivity contribution in [3.63, 3.8) is 0 Å². The third-order valence-electron chi connectivity index (χ3n) is 1.79. The minimum atomic E-state index is -1.39. The van der Waals surface area contributed by atoms with Gasteiger partial charge in [-0.25, -0.2) is 0 Å². The van der Waals surface area contributed by atoms with Crippen LogP contribution in [0.25, 0.3) is 0 Å². The Balaban J connectivity index is 2.75. The van der Waals surface area contributed by atoms with Crippen LogP contribution in [-0.4, -0.2) is 32.4 Å². The number of hydrogen-bond donors (Lipinski definition) is 3. The van der Waals surface area contributed by atoms with E-state index in [9.17, 15) is 15.0 Å². The Morgan fingerprint density at radius 2 is 2.20 bits per heavy atom. The molecule has 0 spiro atoms. The molecule has 0 aliphatic heterocycles. The fraction of sp³-hybridized carbons (Fsp3) is 0.333. The largest absolute Gasteiger partial charge is 0.481 e. The third-order valence-corrected chi connectivity index (χ3v) is 2.03. The van der Waals surface area contributed by atoms with Crippen LogP contribution in [0.1, 0.15) is 18.2 Å². The third kappa shape index (κ3) is 3.47. The summed E-state index contributed by atoms with van der Waals surface area (Å²) in [5, 5.41) is 27.6. The van der Waals surface area contributed by atoms with Crippen LogP contribution < -0.4 is 0 Å². The first-order valence-corrected chi connectivity index (χ1v) is 4.58. The van der Waals surface area contributed by atoms with E-state index in [0.29, 0.717) is 5.02 Å². The number of nitrogens with zero attached hydrogens (tertiary/aromatic N) is 1. The lowest BCUT2D eigenvalue weighted by molar-refractivity contribution is -0.141. The molecule has 1 aromatic heterocycles. The zero-order valence-corrected chi connectivity index (χ0v) is 8.42. The van der Waals surface area contributed by atoms with E-state index in [4.69, 9.17) is 16.7 Å². The Morgan fingerprint density at radius 1 is 1.53 bits per heavy atom. The Bertz CT molecular complexity index is 358. The highest BCUT2D eigenvalue weighted by Crippen LogP contribution is 2.19. The number of pyridine rings is 1. The molecule has 5 nitrogen and oxygen atoms in total. The molecule has 0 amide bonds. The summed E-state index contributed by atoms with van der Waals surface area (Å²) >= 11 is 5.65. The molecule has 0 radical (unpaired) electrons. The van der Waals surface area contributed by atoms with E-state index >= 15 is 0 Å². The zero-order chi connectivity index (χ0) is 11.4. The van der Waals surface area contributed by atoms with Gasteiger partial charge in [0, 0.05) is 11.2 Å². The van der Waals surface area contributed by atoms with E-state index < -0.39 is 24.6 Å². The van der Waals surface area contributed by atoms with Gasteiger partial charge in [-0.2, -0.15) is 0 Å². The highest BCUT2D eigenvalue weighted by Gasteiger charge is 2.22. The molecule has 82 valence electrons. The minimum absolute atomic E-state index is 0.149. The number of aliphatic hydroxyl groups excluding tert-OH is 2. The molecule has 0 aromatic carbocycles. The van der Waals surface area contributed by atoms with Gasteiger partial charge in [0.05, 0.1) is 18.2 Å². The summed E-state index contributed by atoms with van der Waals surface area (Å²) in [5.41, 5.74) is 0.149. The van der Waals surface area contributed by atoms with Crippen molar-refractivity contribution in [1.82, 2.24) is 4.98 Å². The summed E-state index contributed by atoms with van der Waals surface area (Å²) in [6.45, 7) is 0. The van der Waals surface area contributed by atoms with Crippen LogP contribution in [0.2, 0.25) is 5.02 Å². The van der Waals surface area contributed by atoms with Gasteiger partial charge in [-0.1, -0.05) is 11.6 Å². The average Bonchev–Trinajstić information content (AvgIpc) is 2.15.